The fraction of sp³-hybridized carbons (Fsp3) is 0.684. The number of nitrogens with zero attached hydrogens (tertiary/aromatic N) is 2. The van der Waals surface area contributed by atoms with Crippen molar-refractivity contribution in [1.29, 1.82) is 0 Å². The molecule has 1 aliphatic carbocycles. The first-order valence-electron chi connectivity index (χ1n) is 9.22. The van der Waals surface area contributed by atoms with Crippen LogP contribution in [0.2, 0.25) is 0 Å². The minimum absolute atomic E-state index is 0.336. The first kappa shape index (κ1) is 15.6. The molecule has 2 aliphatic heterocycles. The molecule has 0 radical (unpaired) electrons. The Hall–Kier alpha value is -0.940. The van der Waals surface area contributed by atoms with Crippen LogP contribution in [0.25, 0.3) is 0 Å². The molecule has 0 spiro atoms. The summed E-state index contributed by atoms with van der Waals surface area (Å²) in [5, 5.41) is 3.76. The summed E-state index contributed by atoms with van der Waals surface area (Å²) in [7, 11) is 0. The Morgan fingerprint density at radius 3 is 2.74 bits per heavy atom. The van der Waals surface area contributed by atoms with Gasteiger partial charge in [-0.2, -0.15) is 0 Å². The summed E-state index contributed by atoms with van der Waals surface area (Å²) < 4.78 is 5.97. The van der Waals surface area contributed by atoms with Gasteiger partial charge < -0.3 is 10.1 Å². The first-order chi connectivity index (χ1) is 11.4. The molecule has 0 aromatic heterocycles. The quantitative estimate of drug-likeness (QED) is 0.865. The Morgan fingerprint density at radius 2 is 1.91 bits per heavy atom. The minimum atomic E-state index is 0.336. The van der Waals surface area contributed by atoms with Crippen molar-refractivity contribution in [3.05, 3.63) is 35.9 Å². The largest absolute Gasteiger partial charge is 0.374 e. The topological polar surface area (TPSA) is 27.7 Å². The zero-order chi connectivity index (χ0) is 15.5. The Labute approximate surface area is 139 Å². The lowest BCUT2D eigenvalue weighted by molar-refractivity contribution is -0.0308. The molecule has 1 saturated carbocycles. The monoisotopic (exact) mass is 315 g/mol. The predicted octanol–water partition coefficient (Wildman–Crippen LogP) is 1.71. The maximum atomic E-state index is 5.97. The molecule has 4 heteroatoms. The van der Waals surface area contributed by atoms with Crippen LogP contribution < -0.4 is 5.32 Å². The molecule has 2 atom stereocenters. The van der Waals surface area contributed by atoms with Gasteiger partial charge in [0.1, 0.15) is 0 Å². The highest BCUT2D eigenvalue weighted by Gasteiger charge is 2.34. The summed E-state index contributed by atoms with van der Waals surface area (Å²) in [5.41, 5.74) is 1.40. The van der Waals surface area contributed by atoms with Crippen LogP contribution in [0, 0.1) is 0 Å². The third-order valence-electron chi connectivity index (χ3n) is 5.39. The first-order valence-corrected chi connectivity index (χ1v) is 9.22. The van der Waals surface area contributed by atoms with E-state index >= 15 is 0 Å². The summed E-state index contributed by atoms with van der Waals surface area (Å²) >= 11 is 0. The van der Waals surface area contributed by atoms with Gasteiger partial charge in [-0.1, -0.05) is 30.3 Å². The van der Waals surface area contributed by atoms with E-state index in [0.29, 0.717) is 12.1 Å². The van der Waals surface area contributed by atoms with E-state index in [2.05, 4.69) is 45.4 Å². The SMILES string of the molecule is c1ccc(CN2CCO[C@@H](CN[C@@H]3CCN(C4CC4)C3)C2)cc1. The molecule has 23 heavy (non-hydrogen) atoms. The van der Waals surface area contributed by atoms with Gasteiger partial charge in [-0.25, -0.2) is 0 Å². The number of rotatable bonds is 6. The van der Waals surface area contributed by atoms with Gasteiger partial charge in [0.25, 0.3) is 0 Å². The van der Waals surface area contributed by atoms with E-state index in [1.165, 1.54) is 37.9 Å². The second kappa shape index (κ2) is 7.31. The summed E-state index contributed by atoms with van der Waals surface area (Å²) in [6.45, 7) is 7.51. The van der Waals surface area contributed by atoms with Crippen molar-refractivity contribution in [2.45, 2.75) is 44.0 Å². The van der Waals surface area contributed by atoms with Crippen molar-refractivity contribution in [3.8, 4) is 0 Å². The number of ether oxygens (including phenoxy) is 1. The molecule has 1 N–H and O–H groups in total. The molecular formula is C19H29N3O. The maximum Gasteiger partial charge on any atom is 0.0826 e. The molecule has 1 aromatic rings. The van der Waals surface area contributed by atoms with Crippen LogP contribution in [-0.4, -0.2) is 67.3 Å². The number of morpholine rings is 1. The minimum Gasteiger partial charge on any atom is -0.374 e. The molecule has 2 saturated heterocycles. The zero-order valence-electron chi connectivity index (χ0n) is 14.0. The molecule has 4 nitrogen and oxygen atoms in total. The highest BCUT2D eigenvalue weighted by molar-refractivity contribution is 5.14. The third kappa shape index (κ3) is 4.32. The summed E-state index contributed by atoms with van der Waals surface area (Å²) in [6.07, 6.45) is 4.49. The molecular weight excluding hydrogens is 286 g/mol. The van der Waals surface area contributed by atoms with Crippen molar-refractivity contribution < 1.29 is 4.74 Å². The van der Waals surface area contributed by atoms with E-state index in [9.17, 15) is 0 Å². The number of hydrogen-bond acceptors (Lipinski definition) is 4. The third-order valence-corrected chi connectivity index (χ3v) is 5.39. The number of likely N-dealkylation sites (tertiary alicyclic amines) is 1. The molecule has 126 valence electrons. The molecule has 3 aliphatic rings. The fourth-order valence-electron chi connectivity index (χ4n) is 3.91. The van der Waals surface area contributed by atoms with Gasteiger partial charge in [-0.3, -0.25) is 9.80 Å². The summed E-state index contributed by atoms with van der Waals surface area (Å²) in [4.78, 5) is 5.19. The highest BCUT2D eigenvalue weighted by Crippen LogP contribution is 2.29. The number of hydrogen-bond donors (Lipinski definition) is 1. The highest BCUT2D eigenvalue weighted by atomic mass is 16.5. The van der Waals surface area contributed by atoms with Gasteiger partial charge in [-0.15, -0.1) is 0 Å². The number of nitrogens with one attached hydrogen (secondary N) is 1. The van der Waals surface area contributed by atoms with E-state index in [0.717, 1.165) is 38.8 Å². The van der Waals surface area contributed by atoms with E-state index in [4.69, 9.17) is 4.74 Å². The van der Waals surface area contributed by atoms with Gasteiger partial charge in [0.2, 0.25) is 0 Å². The number of benzene rings is 1. The van der Waals surface area contributed by atoms with Crippen LogP contribution in [0.4, 0.5) is 0 Å². The lowest BCUT2D eigenvalue weighted by Gasteiger charge is -2.33. The summed E-state index contributed by atoms with van der Waals surface area (Å²) in [5.74, 6) is 0. The lowest BCUT2D eigenvalue weighted by atomic mass is 10.2. The van der Waals surface area contributed by atoms with Gasteiger partial charge >= 0.3 is 0 Å². The molecule has 1 aromatic carbocycles. The smallest absolute Gasteiger partial charge is 0.0826 e. The molecule has 0 amide bonds. The van der Waals surface area contributed by atoms with E-state index in [1.807, 2.05) is 0 Å². The maximum absolute atomic E-state index is 5.97. The second-order valence-corrected chi connectivity index (χ2v) is 7.33. The molecule has 0 bridgehead atoms. The average Bonchev–Trinajstić information content (AvgIpc) is 3.33. The van der Waals surface area contributed by atoms with Crippen LogP contribution in [0.15, 0.2) is 30.3 Å². The molecule has 3 fully saturated rings. The predicted molar refractivity (Wildman–Crippen MR) is 92.5 cm³/mol. The Balaban J connectivity index is 1.20. The van der Waals surface area contributed by atoms with Crippen LogP contribution in [0.3, 0.4) is 0 Å². The Bertz CT molecular complexity index is 491. The van der Waals surface area contributed by atoms with Crippen LogP contribution in [0.1, 0.15) is 24.8 Å². The average molecular weight is 315 g/mol. The normalized spacial score (nSPS) is 29.9. The fourth-order valence-corrected chi connectivity index (χ4v) is 3.91. The molecule has 0 unspecified atom stereocenters. The summed E-state index contributed by atoms with van der Waals surface area (Å²) in [6, 6.07) is 12.3. The van der Waals surface area contributed by atoms with Crippen LogP contribution >= 0.6 is 0 Å². The van der Waals surface area contributed by atoms with Crippen LogP contribution in [0.5, 0.6) is 0 Å². The van der Waals surface area contributed by atoms with Crippen molar-refractivity contribution in [3.63, 3.8) is 0 Å². The van der Waals surface area contributed by atoms with E-state index in [1.54, 1.807) is 0 Å². The molecule has 4 rings (SSSR count). The lowest BCUT2D eigenvalue weighted by Crippen LogP contribution is -2.48. The van der Waals surface area contributed by atoms with Crippen LogP contribution in [-0.2, 0) is 11.3 Å². The standard InChI is InChI=1S/C19H29N3O/c1-2-4-16(5-3-1)13-21-10-11-23-19(15-21)12-20-17-8-9-22(14-17)18-6-7-18/h1-5,17-20H,6-15H2/t17-,19+/m1/s1. The van der Waals surface area contributed by atoms with Crippen molar-refractivity contribution in [2.75, 3.05) is 39.3 Å². The van der Waals surface area contributed by atoms with Gasteiger partial charge in [0.15, 0.2) is 0 Å². The molecule has 2 heterocycles. The van der Waals surface area contributed by atoms with Gasteiger partial charge in [0.05, 0.1) is 12.7 Å². The van der Waals surface area contributed by atoms with Gasteiger partial charge in [0, 0.05) is 51.4 Å². The Kier molecular flexibility index (Phi) is 4.95. The van der Waals surface area contributed by atoms with Crippen molar-refractivity contribution in [1.82, 2.24) is 15.1 Å². The van der Waals surface area contributed by atoms with Crippen molar-refractivity contribution in [2.24, 2.45) is 0 Å². The van der Waals surface area contributed by atoms with Crippen molar-refractivity contribution >= 4 is 0 Å². The van der Waals surface area contributed by atoms with E-state index in [-0.39, 0.29) is 0 Å². The van der Waals surface area contributed by atoms with Gasteiger partial charge in [-0.05, 0) is 24.8 Å². The zero-order valence-corrected chi connectivity index (χ0v) is 14.0. The van der Waals surface area contributed by atoms with E-state index < -0.39 is 0 Å². The second-order valence-electron chi connectivity index (χ2n) is 7.33. The Morgan fingerprint density at radius 1 is 1.04 bits per heavy atom.